The fourth-order valence-corrected chi connectivity index (χ4v) is 1.27. The Hall–Kier alpha value is -0.830. The molecule has 0 aromatic carbocycles. The molecule has 1 aromatic rings. The maximum atomic E-state index is 7.53. The summed E-state index contributed by atoms with van der Waals surface area (Å²) in [6, 6.07) is 5.60. The van der Waals surface area contributed by atoms with Crippen LogP contribution in [0.15, 0.2) is 24.4 Å². The predicted octanol–water partition coefficient (Wildman–Crippen LogP) is 2.16. The molecule has 58 valence electrons. The number of hydrogen-bond donors (Lipinski definition) is 1. The fourth-order valence-electron chi connectivity index (χ4n) is 0.715. The fraction of sp³-hybridized carbons (Fsp3) is 0.250. The van der Waals surface area contributed by atoms with Gasteiger partial charge in [-0.1, -0.05) is 13.0 Å². The molecule has 1 N–H and O–H groups in total. The molecule has 0 saturated carbocycles. The third kappa shape index (κ3) is 2.35. The lowest BCUT2D eigenvalue weighted by atomic mass is 10.4. The van der Waals surface area contributed by atoms with Crippen LogP contribution in [0.2, 0.25) is 0 Å². The molecule has 0 atom stereocenters. The molecule has 0 bridgehead atoms. The van der Waals surface area contributed by atoms with Crippen molar-refractivity contribution in [3.8, 4) is 0 Å². The van der Waals surface area contributed by atoms with Gasteiger partial charge in [0.25, 0.3) is 0 Å². The highest BCUT2D eigenvalue weighted by molar-refractivity contribution is 8.14. The molecule has 0 unspecified atom stereocenters. The zero-order valence-electron chi connectivity index (χ0n) is 6.37. The second kappa shape index (κ2) is 4.13. The molecule has 2 nitrogen and oxygen atoms in total. The number of rotatable bonds is 2. The van der Waals surface area contributed by atoms with E-state index in [1.54, 1.807) is 6.20 Å². The van der Waals surface area contributed by atoms with Crippen molar-refractivity contribution in [3.05, 3.63) is 30.1 Å². The smallest absolute Gasteiger partial charge is 0.113 e. The van der Waals surface area contributed by atoms with Crippen LogP contribution in [0.1, 0.15) is 12.6 Å². The van der Waals surface area contributed by atoms with Crippen molar-refractivity contribution in [3.63, 3.8) is 0 Å². The summed E-state index contributed by atoms with van der Waals surface area (Å²) in [5, 5.41) is 8.08. The average molecular weight is 166 g/mol. The van der Waals surface area contributed by atoms with Crippen LogP contribution in [0.4, 0.5) is 0 Å². The van der Waals surface area contributed by atoms with E-state index in [0.717, 1.165) is 11.4 Å². The highest BCUT2D eigenvalue weighted by atomic mass is 32.2. The monoisotopic (exact) mass is 166 g/mol. The van der Waals surface area contributed by atoms with Crippen LogP contribution in [0.25, 0.3) is 0 Å². The first kappa shape index (κ1) is 8.27. The van der Waals surface area contributed by atoms with E-state index in [4.69, 9.17) is 5.41 Å². The molecule has 1 aromatic heterocycles. The summed E-state index contributed by atoms with van der Waals surface area (Å²) in [6.07, 6.45) is 1.71. The van der Waals surface area contributed by atoms with Gasteiger partial charge in [-0.05, 0) is 17.9 Å². The molecule has 0 aliphatic carbocycles. The van der Waals surface area contributed by atoms with Gasteiger partial charge in [0.1, 0.15) is 5.04 Å². The van der Waals surface area contributed by atoms with Crippen molar-refractivity contribution in [1.29, 1.82) is 5.41 Å². The minimum Gasteiger partial charge on any atom is -0.292 e. The van der Waals surface area contributed by atoms with Crippen molar-refractivity contribution in [2.45, 2.75) is 6.92 Å². The van der Waals surface area contributed by atoms with Gasteiger partial charge >= 0.3 is 0 Å². The highest BCUT2D eigenvalue weighted by Gasteiger charge is 1.99. The van der Waals surface area contributed by atoms with Crippen LogP contribution in [-0.4, -0.2) is 15.8 Å². The Morgan fingerprint density at radius 2 is 2.45 bits per heavy atom. The Kier molecular flexibility index (Phi) is 3.11. The van der Waals surface area contributed by atoms with Gasteiger partial charge in [-0.25, -0.2) is 0 Å². The van der Waals surface area contributed by atoms with Crippen LogP contribution >= 0.6 is 11.8 Å². The first-order valence-electron chi connectivity index (χ1n) is 3.47. The molecule has 0 aliphatic rings. The van der Waals surface area contributed by atoms with Gasteiger partial charge in [0.05, 0.1) is 5.69 Å². The first-order valence-corrected chi connectivity index (χ1v) is 4.46. The van der Waals surface area contributed by atoms with Gasteiger partial charge in [-0.3, -0.25) is 10.4 Å². The Bertz CT molecular complexity index is 233. The van der Waals surface area contributed by atoms with Gasteiger partial charge in [0.2, 0.25) is 0 Å². The molecule has 0 fully saturated rings. The molecule has 0 saturated heterocycles. The zero-order chi connectivity index (χ0) is 8.10. The molecule has 1 rings (SSSR count). The van der Waals surface area contributed by atoms with Gasteiger partial charge in [0.15, 0.2) is 0 Å². The summed E-state index contributed by atoms with van der Waals surface area (Å²) >= 11 is 1.51. The highest BCUT2D eigenvalue weighted by Crippen LogP contribution is 2.08. The SMILES string of the molecule is CCSC(=N)c1ccccn1. The van der Waals surface area contributed by atoms with E-state index < -0.39 is 0 Å². The number of nitrogens with one attached hydrogen (secondary N) is 1. The Labute approximate surface area is 70.6 Å². The number of nitrogens with zero attached hydrogens (tertiary/aromatic N) is 1. The van der Waals surface area contributed by atoms with E-state index in [2.05, 4.69) is 4.98 Å². The standard InChI is InChI=1S/C8H10N2S/c1-2-11-8(9)7-5-3-4-6-10-7/h3-6,9H,2H2,1H3. The van der Waals surface area contributed by atoms with Crippen molar-refractivity contribution in [2.75, 3.05) is 5.75 Å². The molecule has 0 radical (unpaired) electrons. The van der Waals surface area contributed by atoms with Gasteiger partial charge < -0.3 is 0 Å². The summed E-state index contributed by atoms with van der Waals surface area (Å²) < 4.78 is 0. The van der Waals surface area contributed by atoms with Gasteiger partial charge in [-0.15, -0.1) is 11.8 Å². The lowest BCUT2D eigenvalue weighted by Gasteiger charge is -1.98. The number of aromatic nitrogens is 1. The molecule has 3 heteroatoms. The Morgan fingerprint density at radius 1 is 1.64 bits per heavy atom. The third-order valence-electron chi connectivity index (χ3n) is 1.19. The van der Waals surface area contributed by atoms with E-state index >= 15 is 0 Å². The maximum absolute atomic E-state index is 7.53. The largest absolute Gasteiger partial charge is 0.292 e. The van der Waals surface area contributed by atoms with E-state index in [9.17, 15) is 0 Å². The second-order valence-electron chi connectivity index (χ2n) is 1.98. The summed E-state index contributed by atoms with van der Waals surface area (Å²) in [5.74, 6) is 0.926. The average Bonchev–Trinajstić information content (AvgIpc) is 2.07. The minimum atomic E-state index is 0.549. The van der Waals surface area contributed by atoms with Crippen molar-refractivity contribution >= 4 is 16.8 Å². The number of thioether (sulfide) groups is 1. The zero-order valence-corrected chi connectivity index (χ0v) is 7.19. The van der Waals surface area contributed by atoms with Crippen LogP contribution in [0, 0.1) is 5.41 Å². The second-order valence-corrected chi connectivity index (χ2v) is 3.25. The molecule has 0 spiro atoms. The Balaban J connectivity index is 2.69. The number of pyridine rings is 1. The normalized spacial score (nSPS) is 9.55. The van der Waals surface area contributed by atoms with E-state index in [1.807, 2.05) is 25.1 Å². The topological polar surface area (TPSA) is 36.7 Å². The molecular formula is C8H10N2S. The Morgan fingerprint density at radius 3 is 3.00 bits per heavy atom. The summed E-state index contributed by atoms with van der Waals surface area (Å²) in [5.41, 5.74) is 0.763. The molecule has 1 heterocycles. The quantitative estimate of drug-likeness (QED) is 0.540. The van der Waals surface area contributed by atoms with Crippen molar-refractivity contribution in [1.82, 2.24) is 4.98 Å². The van der Waals surface area contributed by atoms with Crippen LogP contribution < -0.4 is 0 Å². The molecular weight excluding hydrogens is 156 g/mol. The van der Waals surface area contributed by atoms with E-state index in [0.29, 0.717) is 5.04 Å². The summed E-state index contributed by atoms with van der Waals surface area (Å²) in [4.78, 5) is 4.05. The minimum absolute atomic E-state index is 0.549. The molecule has 0 aliphatic heterocycles. The van der Waals surface area contributed by atoms with Crippen LogP contribution in [0.3, 0.4) is 0 Å². The predicted molar refractivity (Wildman–Crippen MR) is 49.2 cm³/mol. The van der Waals surface area contributed by atoms with Crippen molar-refractivity contribution in [2.24, 2.45) is 0 Å². The van der Waals surface area contributed by atoms with Crippen LogP contribution in [0.5, 0.6) is 0 Å². The lowest BCUT2D eigenvalue weighted by Crippen LogP contribution is -1.96. The molecule has 0 amide bonds. The summed E-state index contributed by atoms with van der Waals surface area (Å²) in [6.45, 7) is 2.03. The van der Waals surface area contributed by atoms with Gasteiger partial charge in [0, 0.05) is 6.20 Å². The summed E-state index contributed by atoms with van der Waals surface area (Å²) in [7, 11) is 0. The molecule has 11 heavy (non-hydrogen) atoms. The van der Waals surface area contributed by atoms with E-state index in [-0.39, 0.29) is 0 Å². The first-order chi connectivity index (χ1) is 5.34. The number of hydrogen-bond acceptors (Lipinski definition) is 3. The maximum Gasteiger partial charge on any atom is 0.113 e. The lowest BCUT2D eigenvalue weighted by molar-refractivity contribution is 1.29. The van der Waals surface area contributed by atoms with Crippen LogP contribution in [-0.2, 0) is 0 Å². The van der Waals surface area contributed by atoms with Crippen molar-refractivity contribution < 1.29 is 0 Å². The van der Waals surface area contributed by atoms with Gasteiger partial charge in [-0.2, -0.15) is 0 Å². The van der Waals surface area contributed by atoms with E-state index in [1.165, 1.54) is 11.8 Å². The third-order valence-corrected chi connectivity index (χ3v) is 1.97.